The Labute approximate surface area is 113 Å². The Morgan fingerprint density at radius 1 is 1.29 bits per heavy atom. The van der Waals surface area contributed by atoms with E-state index in [0.717, 1.165) is 17.7 Å². The van der Waals surface area contributed by atoms with Gasteiger partial charge in [-0.3, -0.25) is 0 Å². The van der Waals surface area contributed by atoms with E-state index in [-0.39, 0.29) is 0 Å². The second kappa shape index (κ2) is 5.74. The standard InChI is InChI=1S/C15H18S2/c1-3-5-9-13-11(7-4-2)15-12(16)8-6-10-14(15)17-13/h5-6,8-10,16H,3-4,7H2,1-2H3/b9-5-. The smallest absolute Gasteiger partial charge is 0.0363 e. The van der Waals surface area contributed by atoms with Gasteiger partial charge in [0.25, 0.3) is 0 Å². The minimum absolute atomic E-state index is 1.09. The molecule has 1 heterocycles. The van der Waals surface area contributed by atoms with E-state index in [4.69, 9.17) is 0 Å². The molecule has 0 nitrogen and oxygen atoms in total. The van der Waals surface area contributed by atoms with Gasteiger partial charge in [0.1, 0.15) is 0 Å². The molecule has 17 heavy (non-hydrogen) atoms. The highest BCUT2D eigenvalue weighted by molar-refractivity contribution is 7.80. The Hall–Kier alpha value is -0.730. The quantitative estimate of drug-likeness (QED) is 0.685. The normalized spacial score (nSPS) is 11.7. The fourth-order valence-corrected chi connectivity index (χ4v) is 3.70. The van der Waals surface area contributed by atoms with Crippen molar-refractivity contribution in [1.29, 1.82) is 0 Å². The van der Waals surface area contributed by atoms with Crippen LogP contribution in [0.1, 0.15) is 37.1 Å². The zero-order chi connectivity index (χ0) is 12.3. The molecule has 1 aromatic heterocycles. The van der Waals surface area contributed by atoms with E-state index in [9.17, 15) is 0 Å². The summed E-state index contributed by atoms with van der Waals surface area (Å²) in [6.45, 7) is 4.41. The van der Waals surface area contributed by atoms with E-state index in [1.54, 1.807) is 0 Å². The Balaban J connectivity index is 2.62. The van der Waals surface area contributed by atoms with Crippen LogP contribution in [0.2, 0.25) is 0 Å². The number of rotatable bonds is 4. The van der Waals surface area contributed by atoms with Crippen LogP contribution >= 0.6 is 24.0 Å². The summed E-state index contributed by atoms with van der Waals surface area (Å²) in [5.41, 5.74) is 1.47. The molecule has 1 aromatic carbocycles. The summed E-state index contributed by atoms with van der Waals surface area (Å²) >= 11 is 6.48. The van der Waals surface area contributed by atoms with Crippen molar-refractivity contribution in [3.05, 3.63) is 34.7 Å². The molecular formula is C15H18S2. The van der Waals surface area contributed by atoms with Crippen LogP contribution in [0.5, 0.6) is 0 Å². The van der Waals surface area contributed by atoms with E-state index >= 15 is 0 Å². The summed E-state index contributed by atoms with van der Waals surface area (Å²) in [5, 5.41) is 1.36. The number of aryl methyl sites for hydroxylation is 1. The molecule has 0 N–H and O–H groups in total. The van der Waals surface area contributed by atoms with Gasteiger partial charge in [-0.05, 0) is 36.6 Å². The molecule has 0 aliphatic rings. The second-order valence-electron chi connectivity index (χ2n) is 4.16. The molecule has 0 spiro atoms. The topological polar surface area (TPSA) is 0 Å². The number of thiophene rings is 1. The van der Waals surface area contributed by atoms with Crippen molar-refractivity contribution >= 4 is 40.1 Å². The molecule has 0 fully saturated rings. The molecule has 2 rings (SSSR count). The van der Waals surface area contributed by atoms with E-state index in [1.807, 2.05) is 11.3 Å². The lowest BCUT2D eigenvalue weighted by Crippen LogP contribution is -1.84. The number of benzene rings is 1. The highest BCUT2D eigenvalue weighted by Crippen LogP contribution is 2.36. The molecule has 0 atom stereocenters. The van der Waals surface area contributed by atoms with Gasteiger partial charge in [0.05, 0.1) is 0 Å². The Bertz CT molecular complexity index is 535. The first-order valence-corrected chi connectivity index (χ1v) is 7.44. The van der Waals surface area contributed by atoms with Gasteiger partial charge in [0.15, 0.2) is 0 Å². The fraction of sp³-hybridized carbons (Fsp3) is 0.333. The van der Waals surface area contributed by atoms with Crippen LogP contribution in [-0.2, 0) is 6.42 Å². The third-order valence-electron chi connectivity index (χ3n) is 2.83. The predicted molar refractivity (Wildman–Crippen MR) is 82.4 cm³/mol. The van der Waals surface area contributed by atoms with Gasteiger partial charge in [-0.25, -0.2) is 0 Å². The van der Waals surface area contributed by atoms with Crippen LogP contribution < -0.4 is 0 Å². The van der Waals surface area contributed by atoms with Crippen molar-refractivity contribution in [2.75, 3.05) is 0 Å². The molecule has 0 aliphatic heterocycles. The molecule has 2 heteroatoms. The number of hydrogen-bond acceptors (Lipinski definition) is 2. The average molecular weight is 262 g/mol. The number of thiol groups is 1. The Kier molecular flexibility index (Phi) is 4.30. The maximum absolute atomic E-state index is 4.60. The van der Waals surface area contributed by atoms with Crippen molar-refractivity contribution in [1.82, 2.24) is 0 Å². The van der Waals surface area contributed by atoms with Crippen LogP contribution in [0, 0.1) is 0 Å². The molecule has 90 valence electrons. The van der Waals surface area contributed by atoms with Gasteiger partial charge < -0.3 is 0 Å². The summed E-state index contributed by atoms with van der Waals surface area (Å²) in [6.07, 6.45) is 7.92. The molecule has 0 aliphatic carbocycles. The fourth-order valence-electron chi connectivity index (χ4n) is 2.07. The van der Waals surface area contributed by atoms with Gasteiger partial charge in [-0.2, -0.15) is 0 Å². The summed E-state index contributed by atoms with van der Waals surface area (Å²) in [5.74, 6) is 0. The lowest BCUT2D eigenvalue weighted by atomic mass is 10.1. The minimum Gasteiger partial charge on any atom is -0.143 e. The van der Waals surface area contributed by atoms with E-state index in [1.165, 1.54) is 26.9 Å². The van der Waals surface area contributed by atoms with E-state index in [0.29, 0.717) is 0 Å². The number of allylic oxidation sites excluding steroid dienone is 1. The summed E-state index contributed by atoms with van der Waals surface area (Å²) in [7, 11) is 0. The van der Waals surface area contributed by atoms with Gasteiger partial charge in [-0.15, -0.1) is 24.0 Å². The molecule has 0 amide bonds. The molecule has 0 unspecified atom stereocenters. The van der Waals surface area contributed by atoms with Crippen LogP contribution in [0.15, 0.2) is 29.2 Å². The molecule has 0 saturated carbocycles. The number of hydrogen-bond donors (Lipinski definition) is 1. The highest BCUT2D eigenvalue weighted by atomic mass is 32.1. The minimum atomic E-state index is 1.09. The van der Waals surface area contributed by atoms with Crippen molar-refractivity contribution in [2.45, 2.75) is 38.0 Å². The summed E-state index contributed by atoms with van der Waals surface area (Å²) in [6, 6.07) is 6.37. The third kappa shape index (κ3) is 2.58. The largest absolute Gasteiger partial charge is 0.143 e. The third-order valence-corrected chi connectivity index (χ3v) is 4.36. The van der Waals surface area contributed by atoms with Crippen molar-refractivity contribution in [3.8, 4) is 0 Å². The van der Waals surface area contributed by atoms with Crippen molar-refractivity contribution < 1.29 is 0 Å². The molecular weight excluding hydrogens is 244 g/mol. The maximum atomic E-state index is 4.60. The average Bonchev–Trinajstić information content (AvgIpc) is 2.67. The predicted octanol–water partition coefficient (Wildman–Crippen LogP) is 5.57. The zero-order valence-electron chi connectivity index (χ0n) is 10.4. The van der Waals surface area contributed by atoms with Gasteiger partial charge >= 0.3 is 0 Å². The number of fused-ring (bicyclic) bond motifs is 1. The Morgan fingerprint density at radius 2 is 2.12 bits per heavy atom. The van der Waals surface area contributed by atoms with Gasteiger partial charge in [0, 0.05) is 19.9 Å². The van der Waals surface area contributed by atoms with Gasteiger partial charge in [0.2, 0.25) is 0 Å². The molecule has 0 radical (unpaired) electrons. The monoisotopic (exact) mass is 262 g/mol. The first-order chi connectivity index (χ1) is 8.27. The zero-order valence-corrected chi connectivity index (χ0v) is 12.1. The van der Waals surface area contributed by atoms with Crippen molar-refractivity contribution in [2.24, 2.45) is 0 Å². The lowest BCUT2D eigenvalue weighted by molar-refractivity contribution is 0.930. The van der Waals surface area contributed by atoms with E-state index < -0.39 is 0 Å². The van der Waals surface area contributed by atoms with E-state index in [2.05, 4.69) is 56.8 Å². The molecule has 2 aromatic rings. The van der Waals surface area contributed by atoms with Crippen LogP contribution in [0.4, 0.5) is 0 Å². The van der Waals surface area contributed by atoms with Crippen LogP contribution in [0.25, 0.3) is 16.2 Å². The van der Waals surface area contributed by atoms with Crippen molar-refractivity contribution in [3.63, 3.8) is 0 Å². The van der Waals surface area contributed by atoms with Gasteiger partial charge in [-0.1, -0.05) is 32.4 Å². The SMILES string of the molecule is CC/C=C\c1sc2cccc(S)c2c1CCC. The maximum Gasteiger partial charge on any atom is 0.0363 e. The van der Waals surface area contributed by atoms with Crippen LogP contribution in [0.3, 0.4) is 0 Å². The first kappa shape index (κ1) is 12.7. The Morgan fingerprint density at radius 3 is 2.82 bits per heavy atom. The molecule has 0 saturated heterocycles. The first-order valence-electron chi connectivity index (χ1n) is 6.17. The van der Waals surface area contributed by atoms with Crippen LogP contribution in [-0.4, -0.2) is 0 Å². The second-order valence-corrected chi connectivity index (χ2v) is 5.72. The molecule has 0 bridgehead atoms. The summed E-state index contributed by atoms with van der Waals surface area (Å²) in [4.78, 5) is 2.52. The summed E-state index contributed by atoms with van der Waals surface area (Å²) < 4.78 is 1.36. The lowest BCUT2D eigenvalue weighted by Gasteiger charge is -2.01. The highest BCUT2D eigenvalue weighted by Gasteiger charge is 2.11.